The van der Waals surface area contributed by atoms with Gasteiger partial charge < -0.3 is 15.2 Å². The Labute approximate surface area is 177 Å². The van der Waals surface area contributed by atoms with Crippen LogP contribution < -0.4 is 10.6 Å². The number of carbonyl (C=O) groups is 2. The number of fused-ring (bicyclic) bond motifs is 1. The van der Waals surface area contributed by atoms with Gasteiger partial charge in [-0.15, -0.1) is 11.3 Å². The first-order valence-corrected chi connectivity index (χ1v) is 11.7. The Morgan fingerprint density at radius 2 is 1.79 bits per heavy atom. The second kappa shape index (κ2) is 7.72. The Morgan fingerprint density at radius 1 is 1.03 bits per heavy atom. The molecule has 1 aromatic carbocycles. The largest absolute Gasteiger partial charge is 0.349 e. The van der Waals surface area contributed by atoms with Crippen molar-refractivity contribution in [1.29, 1.82) is 0 Å². The third-order valence-corrected chi connectivity index (χ3v) is 7.60. The molecule has 0 bridgehead atoms. The van der Waals surface area contributed by atoms with Gasteiger partial charge in [0, 0.05) is 40.3 Å². The summed E-state index contributed by atoms with van der Waals surface area (Å²) in [6.07, 6.45) is 7.00. The first-order chi connectivity index (χ1) is 14.2. The molecule has 29 heavy (non-hydrogen) atoms. The second-order valence-electron chi connectivity index (χ2n) is 7.36. The van der Waals surface area contributed by atoms with Crippen LogP contribution in [0.15, 0.2) is 48.8 Å². The maximum absolute atomic E-state index is 13.2. The number of hydrogen-bond donors (Lipinski definition) is 2. The summed E-state index contributed by atoms with van der Waals surface area (Å²) in [5.41, 5.74) is 3.27. The van der Waals surface area contributed by atoms with E-state index in [-0.39, 0.29) is 11.8 Å². The summed E-state index contributed by atoms with van der Waals surface area (Å²) in [6.45, 7) is 0. The van der Waals surface area contributed by atoms with Crippen molar-refractivity contribution in [2.24, 2.45) is 0 Å². The number of rotatable bonds is 5. The molecule has 2 N–H and O–H groups in total. The number of nitrogens with zero attached hydrogens (tertiary/aromatic N) is 1. The van der Waals surface area contributed by atoms with Gasteiger partial charge >= 0.3 is 0 Å². The fourth-order valence-electron chi connectivity index (χ4n) is 3.50. The highest BCUT2D eigenvalue weighted by atomic mass is 32.2. The number of benzene rings is 1. The van der Waals surface area contributed by atoms with Crippen molar-refractivity contribution in [3.05, 3.63) is 70.4 Å². The van der Waals surface area contributed by atoms with E-state index in [0.717, 1.165) is 41.3 Å². The molecule has 0 spiro atoms. The quantitative estimate of drug-likeness (QED) is 0.636. The van der Waals surface area contributed by atoms with Gasteiger partial charge in [0.1, 0.15) is 5.00 Å². The molecule has 3 heterocycles. The van der Waals surface area contributed by atoms with Gasteiger partial charge in [0.05, 0.1) is 5.56 Å². The van der Waals surface area contributed by atoms with E-state index in [0.29, 0.717) is 17.3 Å². The predicted molar refractivity (Wildman–Crippen MR) is 118 cm³/mol. The Morgan fingerprint density at radius 3 is 2.52 bits per heavy atom. The van der Waals surface area contributed by atoms with Crippen molar-refractivity contribution in [2.75, 3.05) is 11.1 Å². The van der Waals surface area contributed by atoms with Crippen molar-refractivity contribution in [2.45, 2.75) is 31.1 Å². The van der Waals surface area contributed by atoms with Crippen LogP contribution in [-0.2, 0) is 12.2 Å². The van der Waals surface area contributed by atoms with Gasteiger partial charge in [-0.2, -0.15) is 11.8 Å². The van der Waals surface area contributed by atoms with Crippen LogP contribution in [0.5, 0.6) is 0 Å². The summed E-state index contributed by atoms with van der Waals surface area (Å²) in [5.74, 6) is 1.87. The number of aromatic nitrogens is 1. The second-order valence-corrected chi connectivity index (χ2v) is 9.54. The molecule has 1 fully saturated rings. The normalized spacial score (nSPS) is 15.6. The first-order valence-electron chi connectivity index (χ1n) is 9.77. The lowest BCUT2D eigenvalue weighted by molar-refractivity contribution is 0.0950. The molecule has 0 radical (unpaired) electrons. The van der Waals surface area contributed by atoms with Gasteiger partial charge in [-0.3, -0.25) is 9.59 Å². The maximum Gasteiger partial charge on any atom is 0.258 e. The molecule has 1 saturated carbocycles. The van der Waals surface area contributed by atoms with E-state index in [1.54, 1.807) is 35.6 Å². The van der Waals surface area contributed by atoms with Gasteiger partial charge in [-0.1, -0.05) is 0 Å². The Kier molecular flexibility index (Phi) is 4.93. The molecule has 2 aromatic heterocycles. The predicted octanol–water partition coefficient (Wildman–Crippen LogP) is 4.47. The first kappa shape index (κ1) is 18.5. The van der Waals surface area contributed by atoms with E-state index in [1.807, 2.05) is 40.9 Å². The molecule has 5 nitrogen and oxygen atoms in total. The maximum atomic E-state index is 13.2. The van der Waals surface area contributed by atoms with Crippen LogP contribution in [0.25, 0.3) is 5.00 Å². The minimum absolute atomic E-state index is 0.0512. The number of carbonyl (C=O) groups excluding carboxylic acids is 2. The van der Waals surface area contributed by atoms with Crippen molar-refractivity contribution >= 4 is 40.6 Å². The third kappa shape index (κ3) is 3.84. The minimum Gasteiger partial charge on any atom is -0.349 e. The topological polar surface area (TPSA) is 63.1 Å². The molecule has 5 rings (SSSR count). The monoisotopic (exact) mass is 423 g/mol. The van der Waals surface area contributed by atoms with Crippen molar-refractivity contribution in [3.63, 3.8) is 0 Å². The molecular weight excluding hydrogens is 402 g/mol. The molecule has 2 amide bonds. The van der Waals surface area contributed by atoms with Crippen LogP contribution in [-0.4, -0.2) is 28.2 Å². The number of thiophene rings is 1. The molecular formula is C22H21N3O2S2. The van der Waals surface area contributed by atoms with Crippen molar-refractivity contribution in [1.82, 2.24) is 9.88 Å². The average Bonchev–Trinajstić information content (AvgIpc) is 3.24. The van der Waals surface area contributed by atoms with E-state index >= 15 is 0 Å². The molecule has 0 saturated heterocycles. The average molecular weight is 424 g/mol. The molecule has 0 atom stereocenters. The number of amides is 2. The van der Waals surface area contributed by atoms with Gasteiger partial charge in [-0.05, 0) is 67.0 Å². The van der Waals surface area contributed by atoms with E-state index in [4.69, 9.17) is 0 Å². The summed E-state index contributed by atoms with van der Waals surface area (Å²) in [5, 5.41) is 6.98. The van der Waals surface area contributed by atoms with Crippen LogP contribution in [0.1, 0.15) is 44.0 Å². The lowest BCUT2D eigenvalue weighted by atomic mass is 10.1. The van der Waals surface area contributed by atoms with Crippen LogP contribution in [0, 0.1) is 0 Å². The van der Waals surface area contributed by atoms with Gasteiger partial charge in [-0.25, -0.2) is 0 Å². The SMILES string of the molecule is O=C(NC1CC1)c1ccc(NC(=O)c2c(-n3cccc3)sc3c2CCSC3)cc1. The van der Waals surface area contributed by atoms with Crippen LogP contribution in [0.4, 0.5) is 5.69 Å². The lowest BCUT2D eigenvalue weighted by Gasteiger charge is -2.13. The van der Waals surface area contributed by atoms with E-state index in [2.05, 4.69) is 10.6 Å². The molecule has 1 aliphatic carbocycles. The zero-order valence-electron chi connectivity index (χ0n) is 15.8. The summed E-state index contributed by atoms with van der Waals surface area (Å²) >= 11 is 3.62. The molecule has 148 valence electrons. The Balaban J connectivity index is 1.39. The zero-order valence-corrected chi connectivity index (χ0v) is 17.4. The smallest absolute Gasteiger partial charge is 0.258 e. The number of nitrogens with one attached hydrogen (secondary N) is 2. The highest BCUT2D eigenvalue weighted by Gasteiger charge is 2.27. The number of thioether (sulfide) groups is 1. The van der Waals surface area contributed by atoms with E-state index in [9.17, 15) is 9.59 Å². The third-order valence-electron chi connectivity index (χ3n) is 5.19. The minimum atomic E-state index is -0.0896. The molecule has 2 aliphatic rings. The van der Waals surface area contributed by atoms with Crippen molar-refractivity contribution in [3.8, 4) is 5.00 Å². The standard InChI is InChI=1S/C22H21N3O2S2/c26-20(23-16-7-8-16)14-3-5-15(6-4-14)24-21(27)19-17-9-12-28-13-18(17)29-22(19)25-10-1-2-11-25/h1-6,10-11,16H,7-9,12-13H2,(H,23,26)(H,24,27). The highest BCUT2D eigenvalue weighted by molar-refractivity contribution is 7.98. The van der Waals surface area contributed by atoms with Crippen LogP contribution in [0.2, 0.25) is 0 Å². The van der Waals surface area contributed by atoms with E-state index < -0.39 is 0 Å². The summed E-state index contributed by atoms with van der Waals surface area (Å²) in [4.78, 5) is 26.7. The van der Waals surface area contributed by atoms with Crippen LogP contribution >= 0.6 is 23.1 Å². The fourth-order valence-corrected chi connectivity index (χ4v) is 5.94. The Bertz CT molecular complexity index is 1050. The summed E-state index contributed by atoms with van der Waals surface area (Å²) < 4.78 is 2.02. The number of anilines is 1. The molecule has 3 aromatic rings. The van der Waals surface area contributed by atoms with Gasteiger partial charge in [0.2, 0.25) is 0 Å². The van der Waals surface area contributed by atoms with E-state index in [1.165, 1.54) is 10.4 Å². The number of hydrogen-bond acceptors (Lipinski definition) is 4. The Hall–Kier alpha value is -2.51. The van der Waals surface area contributed by atoms with Gasteiger partial charge in [0.25, 0.3) is 11.8 Å². The molecule has 1 aliphatic heterocycles. The highest BCUT2D eigenvalue weighted by Crippen LogP contribution is 2.38. The summed E-state index contributed by atoms with van der Waals surface area (Å²) in [6, 6.07) is 11.4. The van der Waals surface area contributed by atoms with Gasteiger partial charge in [0.15, 0.2) is 0 Å². The van der Waals surface area contributed by atoms with Crippen LogP contribution in [0.3, 0.4) is 0 Å². The lowest BCUT2D eigenvalue weighted by Crippen LogP contribution is -2.25. The molecule has 0 unspecified atom stereocenters. The molecule has 7 heteroatoms. The summed E-state index contributed by atoms with van der Waals surface area (Å²) in [7, 11) is 0. The fraction of sp³-hybridized carbons (Fsp3) is 0.273. The zero-order chi connectivity index (χ0) is 19.8. The van der Waals surface area contributed by atoms with Crippen molar-refractivity contribution < 1.29 is 9.59 Å².